The van der Waals surface area contributed by atoms with E-state index in [-0.39, 0.29) is 13.2 Å². The van der Waals surface area contributed by atoms with E-state index in [4.69, 9.17) is 10.2 Å². The van der Waals surface area contributed by atoms with Gasteiger partial charge >= 0.3 is 0 Å². The van der Waals surface area contributed by atoms with Crippen molar-refractivity contribution in [2.45, 2.75) is 12.5 Å². The monoisotopic (exact) mass is 182 g/mol. The van der Waals surface area contributed by atoms with E-state index in [1.807, 2.05) is 12.1 Å². The average molecular weight is 182 g/mol. The van der Waals surface area contributed by atoms with E-state index in [2.05, 4.69) is 0 Å². The summed E-state index contributed by atoms with van der Waals surface area (Å²) in [5, 5.41) is 26.9. The number of hydrogen-bond acceptors (Lipinski definition) is 3. The summed E-state index contributed by atoms with van der Waals surface area (Å²) in [4.78, 5) is 0. The van der Waals surface area contributed by atoms with Crippen LogP contribution in [0.4, 0.5) is 0 Å². The Balaban J connectivity index is 2.90. The second-order valence-electron chi connectivity index (χ2n) is 2.87. The molecule has 0 saturated carbocycles. The lowest BCUT2D eigenvalue weighted by Crippen LogP contribution is -2.07. The van der Waals surface area contributed by atoms with Crippen LogP contribution in [0.1, 0.15) is 17.2 Å². The summed E-state index contributed by atoms with van der Waals surface area (Å²) in [5.41, 5.74) is 1.57. The van der Waals surface area contributed by atoms with Crippen LogP contribution in [-0.2, 0) is 6.42 Å². The smallest absolute Gasteiger partial charge is 0.102 e. The first-order chi connectivity index (χ1) is 6.29. The van der Waals surface area contributed by atoms with Crippen molar-refractivity contribution in [2.24, 2.45) is 0 Å². The van der Waals surface area contributed by atoms with Gasteiger partial charge in [-0.05, 0) is 17.5 Å². The number of rotatable bonds is 4. The fraction of sp³-hybridized carbons (Fsp3) is 0.400. The van der Waals surface area contributed by atoms with Crippen molar-refractivity contribution in [3.05, 3.63) is 35.4 Å². The Bertz CT molecular complexity index is 260. The number of benzene rings is 1. The Morgan fingerprint density at radius 1 is 1.15 bits per heavy atom. The van der Waals surface area contributed by atoms with E-state index < -0.39 is 6.10 Å². The molecule has 1 unspecified atom stereocenters. The van der Waals surface area contributed by atoms with E-state index in [0.717, 1.165) is 5.56 Å². The molecule has 1 rings (SSSR count). The van der Waals surface area contributed by atoms with Crippen LogP contribution >= 0.6 is 0 Å². The molecule has 1 aromatic rings. The molecular weight excluding hydrogens is 168 g/mol. The quantitative estimate of drug-likeness (QED) is 0.625. The fourth-order valence-electron chi connectivity index (χ4n) is 1.31. The number of aliphatic hydroxyl groups excluding tert-OH is 3. The molecule has 3 nitrogen and oxygen atoms in total. The summed E-state index contributed by atoms with van der Waals surface area (Å²) in [6, 6.07) is 7.24. The van der Waals surface area contributed by atoms with Gasteiger partial charge in [-0.2, -0.15) is 0 Å². The van der Waals surface area contributed by atoms with Gasteiger partial charge < -0.3 is 15.3 Å². The summed E-state index contributed by atoms with van der Waals surface area (Å²) in [7, 11) is 0. The molecule has 0 radical (unpaired) electrons. The Morgan fingerprint density at radius 3 is 2.46 bits per heavy atom. The third kappa shape index (κ3) is 2.52. The zero-order valence-electron chi connectivity index (χ0n) is 7.35. The zero-order chi connectivity index (χ0) is 9.68. The van der Waals surface area contributed by atoms with Crippen LogP contribution in [0.5, 0.6) is 0 Å². The third-order valence-corrected chi connectivity index (χ3v) is 1.97. The lowest BCUT2D eigenvalue weighted by atomic mass is 10.0. The molecule has 3 N–H and O–H groups in total. The molecule has 72 valence electrons. The molecule has 1 aromatic carbocycles. The number of aliphatic hydroxyl groups is 3. The van der Waals surface area contributed by atoms with Crippen molar-refractivity contribution in [2.75, 3.05) is 13.2 Å². The van der Waals surface area contributed by atoms with Gasteiger partial charge in [-0.15, -0.1) is 0 Å². The third-order valence-electron chi connectivity index (χ3n) is 1.97. The van der Waals surface area contributed by atoms with Crippen LogP contribution in [0.25, 0.3) is 0 Å². The highest BCUT2D eigenvalue weighted by Crippen LogP contribution is 2.17. The molecule has 0 bridgehead atoms. The molecule has 0 fully saturated rings. The van der Waals surface area contributed by atoms with Gasteiger partial charge in [0, 0.05) is 6.61 Å². The largest absolute Gasteiger partial charge is 0.396 e. The molecule has 1 atom stereocenters. The lowest BCUT2D eigenvalue weighted by molar-refractivity contribution is 0.0947. The van der Waals surface area contributed by atoms with Crippen LogP contribution < -0.4 is 0 Å². The molecule has 0 saturated heterocycles. The first kappa shape index (κ1) is 10.2. The van der Waals surface area contributed by atoms with Crippen molar-refractivity contribution in [3.8, 4) is 0 Å². The van der Waals surface area contributed by atoms with Gasteiger partial charge in [-0.3, -0.25) is 0 Å². The SMILES string of the molecule is OCCc1ccccc1C(O)CO. The molecule has 13 heavy (non-hydrogen) atoms. The Labute approximate surface area is 77.3 Å². The van der Waals surface area contributed by atoms with Crippen molar-refractivity contribution < 1.29 is 15.3 Å². The Morgan fingerprint density at radius 2 is 1.85 bits per heavy atom. The summed E-state index contributed by atoms with van der Waals surface area (Å²) >= 11 is 0. The molecule has 3 heteroatoms. The highest BCUT2D eigenvalue weighted by Gasteiger charge is 2.09. The molecule has 0 spiro atoms. The Hall–Kier alpha value is -0.900. The van der Waals surface area contributed by atoms with Gasteiger partial charge in [0.15, 0.2) is 0 Å². The predicted molar refractivity (Wildman–Crippen MR) is 49.3 cm³/mol. The minimum atomic E-state index is -0.845. The van der Waals surface area contributed by atoms with Gasteiger partial charge in [0.2, 0.25) is 0 Å². The van der Waals surface area contributed by atoms with E-state index >= 15 is 0 Å². The highest BCUT2D eigenvalue weighted by atomic mass is 16.3. The van der Waals surface area contributed by atoms with Crippen molar-refractivity contribution in [3.63, 3.8) is 0 Å². The summed E-state index contributed by atoms with van der Waals surface area (Å²) < 4.78 is 0. The van der Waals surface area contributed by atoms with Crippen LogP contribution in [0.2, 0.25) is 0 Å². The van der Waals surface area contributed by atoms with Gasteiger partial charge in [-0.25, -0.2) is 0 Å². The van der Waals surface area contributed by atoms with Crippen LogP contribution in [0.3, 0.4) is 0 Å². The zero-order valence-corrected chi connectivity index (χ0v) is 7.35. The number of hydrogen-bond donors (Lipinski definition) is 3. The summed E-state index contributed by atoms with van der Waals surface area (Å²) in [6.07, 6.45) is -0.338. The van der Waals surface area contributed by atoms with Gasteiger partial charge in [0.1, 0.15) is 6.10 Å². The van der Waals surface area contributed by atoms with Crippen molar-refractivity contribution in [1.29, 1.82) is 0 Å². The maximum atomic E-state index is 9.41. The fourth-order valence-corrected chi connectivity index (χ4v) is 1.31. The molecular formula is C10H14O3. The molecule has 0 aromatic heterocycles. The minimum absolute atomic E-state index is 0.0508. The first-order valence-corrected chi connectivity index (χ1v) is 4.27. The van der Waals surface area contributed by atoms with E-state index in [1.54, 1.807) is 12.1 Å². The van der Waals surface area contributed by atoms with Crippen molar-refractivity contribution in [1.82, 2.24) is 0 Å². The van der Waals surface area contributed by atoms with Gasteiger partial charge in [-0.1, -0.05) is 24.3 Å². The predicted octanol–water partition coefficient (Wildman–Crippen LogP) is 0.247. The minimum Gasteiger partial charge on any atom is -0.396 e. The molecule has 0 heterocycles. The van der Waals surface area contributed by atoms with Crippen LogP contribution in [0.15, 0.2) is 24.3 Å². The summed E-state index contributed by atoms with van der Waals surface area (Å²) in [5.74, 6) is 0. The molecule has 0 aliphatic rings. The second kappa shape index (κ2) is 4.97. The molecule has 0 aliphatic heterocycles. The van der Waals surface area contributed by atoms with Gasteiger partial charge in [0.25, 0.3) is 0 Å². The summed E-state index contributed by atoms with van der Waals surface area (Å²) in [6.45, 7) is -0.238. The first-order valence-electron chi connectivity index (χ1n) is 4.27. The van der Waals surface area contributed by atoms with Crippen LogP contribution in [-0.4, -0.2) is 28.5 Å². The molecule has 0 amide bonds. The standard InChI is InChI=1S/C10H14O3/c11-6-5-8-3-1-2-4-9(8)10(13)7-12/h1-4,10-13H,5-7H2. The van der Waals surface area contributed by atoms with Crippen LogP contribution in [0, 0.1) is 0 Å². The molecule has 0 aliphatic carbocycles. The van der Waals surface area contributed by atoms with Gasteiger partial charge in [0.05, 0.1) is 6.61 Å². The highest BCUT2D eigenvalue weighted by molar-refractivity contribution is 5.29. The lowest BCUT2D eigenvalue weighted by Gasteiger charge is -2.12. The van der Waals surface area contributed by atoms with Crippen molar-refractivity contribution >= 4 is 0 Å². The van der Waals surface area contributed by atoms with E-state index in [0.29, 0.717) is 12.0 Å². The normalized spacial score (nSPS) is 12.8. The topological polar surface area (TPSA) is 60.7 Å². The van der Waals surface area contributed by atoms with E-state index in [1.165, 1.54) is 0 Å². The average Bonchev–Trinajstić information content (AvgIpc) is 2.18. The van der Waals surface area contributed by atoms with E-state index in [9.17, 15) is 5.11 Å². The maximum absolute atomic E-state index is 9.41. The maximum Gasteiger partial charge on any atom is 0.102 e. The Kier molecular flexibility index (Phi) is 3.89. The second-order valence-corrected chi connectivity index (χ2v) is 2.87.